The van der Waals surface area contributed by atoms with Crippen LogP contribution in [0.2, 0.25) is 0 Å². The van der Waals surface area contributed by atoms with Crippen molar-refractivity contribution in [1.29, 1.82) is 0 Å². The van der Waals surface area contributed by atoms with Crippen molar-refractivity contribution in [3.05, 3.63) is 12.2 Å². The standard InChI is InChI=1S/C12H21F3N2/c1-16-8-10-17(11-9-16)7-5-3-2-4-6-12(13,14)15/h2-3H,4-11H2,1H3/b3-2-. The lowest BCUT2D eigenvalue weighted by atomic mass is 10.2. The van der Waals surface area contributed by atoms with E-state index >= 15 is 0 Å². The fourth-order valence-corrected chi connectivity index (χ4v) is 1.81. The average molecular weight is 250 g/mol. The van der Waals surface area contributed by atoms with E-state index in [2.05, 4.69) is 16.8 Å². The number of hydrogen-bond acceptors (Lipinski definition) is 2. The highest BCUT2D eigenvalue weighted by Gasteiger charge is 2.25. The van der Waals surface area contributed by atoms with Crippen molar-refractivity contribution in [2.45, 2.75) is 25.4 Å². The van der Waals surface area contributed by atoms with Crippen LogP contribution in [0.3, 0.4) is 0 Å². The van der Waals surface area contributed by atoms with Crippen molar-refractivity contribution in [2.24, 2.45) is 0 Å². The normalized spacial score (nSPS) is 20.2. The highest BCUT2D eigenvalue weighted by Crippen LogP contribution is 2.21. The molecule has 0 radical (unpaired) electrons. The van der Waals surface area contributed by atoms with E-state index in [0.29, 0.717) is 0 Å². The number of piperazine rings is 1. The summed E-state index contributed by atoms with van der Waals surface area (Å²) in [5, 5.41) is 0. The van der Waals surface area contributed by atoms with Crippen molar-refractivity contribution in [2.75, 3.05) is 39.8 Å². The van der Waals surface area contributed by atoms with Gasteiger partial charge in [0.2, 0.25) is 0 Å². The predicted octanol–water partition coefficient (Wildman–Crippen LogP) is 2.52. The summed E-state index contributed by atoms with van der Waals surface area (Å²) in [6.45, 7) is 5.24. The van der Waals surface area contributed by atoms with Crippen LogP contribution in [0.1, 0.15) is 19.3 Å². The Morgan fingerprint density at radius 1 is 1.00 bits per heavy atom. The summed E-state index contributed by atoms with van der Waals surface area (Å²) in [6.07, 6.45) is -0.277. The largest absolute Gasteiger partial charge is 0.389 e. The molecule has 0 aliphatic carbocycles. The van der Waals surface area contributed by atoms with Crippen LogP contribution < -0.4 is 0 Å². The van der Waals surface area contributed by atoms with Gasteiger partial charge in [0.1, 0.15) is 0 Å². The fourth-order valence-electron chi connectivity index (χ4n) is 1.81. The van der Waals surface area contributed by atoms with Crippen LogP contribution in [0.5, 0.6) is 0 Å². The molecule has 1 rings (SSSR count). The zero-order valence-electron chi connectivity index (χ0n) is 10.3. The number of likely N-dealkylation sites (N-methyl/N-ethyl adjacent to an activating group) is 1. The van der Waals surface area contributed by atoms with Crippen LogP contribution in [-0.2, 0) is 0 Å². The first-order chi connectivity index (χ1) is 7.97. The Hall–Kier alpha value is -0.550. The summed E-state index contributed by atoms with van der Waals surface area (Å²) in [7, 11) is 2.11. The molecule has 2 nitrogen and oxygen atoms in total. The first kappa shape index (κ1) is 14.5. The van der Waals surface area contributed by atoms with E-state index in [1.54, 1.807) is 6.08 Å². The third-order valence-electron chi connectivity index (χ3n) is 2.97. The van der Waals surface area contributed by atoms with Crippen LogP contribution in [0.4, 0.5) is 13.2 Å². The third kappa shape index (κ3) is 7.39. The second-order valence-corrected chi connectivity index (χ2v) is 4.56. The van der Waals surface area contributed by atoms with E-state index in [1.807, 2.05) is 6.08 Å². The Labute approximate surface area is 101 Å². The zero-order valence-corrected chi connectivity index (χ0v) is 10.3. The topological polar surface area (TPSA) is 6.48 Å². The highest BCUT2D eigenvalue weighted by molar-refractivity contribution is 4.84. The lowest BCUT2D eigenvalue weighted by molar-refractivity contribution is -0.133. The van der Waals surface area contributed by atoms with E-state index in [4.69, 9.17) is 0 Å². The molecule has 1 aliphatic rings. The molecule has 0 N–H and O–H groups in total. The number of halogens is 3. The number of alkyl halides is 3. The van der Waals surface area contributed by atoms with E-state index in [-0.39, 0.29) is 6.42 Å². The van der Waals surface area contributed by atoms with E-state index in [9.17, 15) is 13.2 Å². The average Bonchev–Trinajstić information content (AvgIpc) is 2.24. The molecule has 0 amide bonds. The van der Waals surface area contributed by atoms with Crippen LogP contribution >= 0.6 is 0 Å². The Morgan fingerprint density at radius 2 is 1.59 bits per heavy atom. The van der Waals surface area contributed by atoms with Crippen molar-refractivity contribution in [3.63, 3.8) is 0 Å². The van der Waals surface area contributed by atoms with Gasteiger partial charge >= 0.3 is 6.18 Å². The lowest BCUT2D eigenvalue weighted by Crippen LogP contribution is -2.44. The van der Waals surface area contributed by atoms with Gasteiger partial charge in [0.25, 0.3) is 0 Å². The minimum Gasteiger partial charge on any atom is -0.304 e. The summed E-state index contributed by atoms with van der Waals surface area (Å²) >= 11 is 0. The smallest absolute Gasteiger partial charge is 0.304 e. The van der Waals surface area contributed by atoms with Gasteiger partial charge in [-0.1, -0.05) is 12.2 Å². The Bertz CT molecular complexity index is 230. The van der Waals surface area contributed by atoms with Crippen molar-refractivity contribution < 1.29 is 13.2 Å². The van der Waals surface area contributed by atoms with Crippen molar-refractivity contribution in [3.8, 4) is 0 Å². The summed E-state index contributed by atoms with van der Waals surface area (Å²) in [6, 6.07) is 0. The molecule has 0 bridgehead atoms. The van der Waals surface area contributed by atoms with Gasteiger partial charge in [-0.15, -0.1) is 0 Å². The summed E-state index contributed by atoms with van der Waals surface area (Å²) in [4.78, 5) is 4.64. The van der Waals surface area contributed by atoms with Gasteiger partial charge in [-0.3, -0.25) is 0 Å². The monoisotopic (exact) mass is 250 g/mol. The highest BCUT2D eigenvalue weighted by atomic mass is 19.4. The van der Waals surface area contributed by atoms with E-state index in [1.165, 1.54) is 0 Å². The molecule has 0 saturated carbocycles. The molecule has 1 saturated heterocycles. The van der Waals surface area contributed by atoms with Crippen LogP contribution in [0.15, 0.2) is 12.2 Å². The molecule has 100 valence electrons. The molecule has 1 fully saturated rings. The maximum Gasteiger partial charge on any atom is 0.389 e. The Kier molecular flexibility index (Phi) is 5.98. The van der Waals surface area contributed by atoms with E-state index in [0.717, 1.165) is 39.1 Å². The molecule has 17 heavy (non-hydrogen) atoms. The van der Waals surface area contributed by atoms with Gasteiger partial charge in [0, 0.05) is 39.1 Å². The molecule has 0 aromatic carbocycles. The van der Waals surface area contributed by atoms with E-state index < -0.39 is 12.6 Å². The molecule has 0 aromatic rings. The van der Waals surface area contributed by atoms with Crippen LogP contribution in [-0.4, -0.2) is 55.7 Å². The first-order valence-corrected chi connectivity index (χ1v) is 6.10. The molecule has 0 unspecified atom stereocenters. The maximum atomic E-state index is 11.8. The number of nitrogens with zero attached hydrogens (tertiary/aromatic N) is 2. The molecule has 0 spiro atoms. The third-order valence-corrected chi connectivity index (χ3v) is 2.97. The molecule has 0 atom stereocenters. The summed E-state index contributed by atoms with van der Waals surface area (Å²) < 4.78 is 35.5. The molecule has 0 aromatic heterocycles. The number of rotatable bonds is 5. The zero-order chi connectivity index (χ0) is 12.7. The quantitative estimate of drug-likeness (QED) is 0.692. The Morgan fingerprint density at radius 3 is 2.18 bits per heavy atom. The van der Waals surface area contributed by atoms with Gasteiger partial charge in [0.05, 0.1) is 0 Å². The van der Waals surface area contributed by atoms with Crippen molar-refractivity contribution >= 4 is 0 Å². The minimum atomic E-state index is -4.03. The molecule has 1 heterocycles. The second kappa shape index (κ2) is 7.01. The summed E-state index contributed by atoms with van der Waals surface area (Å²) in [5.41, 5.74) is 0. The molecular formula is C12H21F3N2. The number of allylic oxidation sites excluding steroid dienone is 1. The second-order valence-electron chi connectivity index (χ2n) is 4.56. The van der Waals surface area contributed by atoms with Crippen LogP contribution in [0, 0.1) is 0 Å². The Balaban J connectivity index is 2.02. The van der Waals surface area contributed by atoms with Gasteiger partial charge in [0.15, 0.2) is 0 Å². The minimum absolute atomic E-state index is 0.103. The summed E-state index contributed by atoms with van der Waals surface area (Å²) in [5.74, 6) is 0. The molecule has 5 heteroatoms. The molecular weight excluding hydrogens is 229 g/mol. The maximum absolute atomic E-state index is 11.8. The van der Waals surface area contributed by atoms with Gasteiger partial charge < -0.3 is 9.80 Å². The number of hydrogen-bond donors (Lipinski definition) is 0. The molecule has 1 aliphatic heterocycles. The van der Waals surface area contributed by atoms with Crippen LogP contribution in [0.25, 0.3) is 0 Å². The predicted molar refractivity (Wildman–Crippen MR) is 63.0 cm³/mol. The van der Waals surface area contributed by atoms with Gasteiger partial charge in [-0.05, 0) is 19.9 Å². The van der Waals surface area contributed by atoms with Gasteiger partial charge in [-0.25, -0.2) is 0 Å². The lowest BCUT2D eigenvalue weighted by Gasteiger charge is -2.32. The van der Waals surface area contributed by atoms with Gasteiger partial charge in [-0.2, -0.15) is 13.2 Å². The fraction of sp³-hybridized carbons (Fsp3) is 0.833. The SMILES string of the molecule is CN1CCN(CC/C=C\CCC(F)(F)F)CC1. The van der Waals surface area contributed by atoms with Crippen molar-refractivity contribution in [1.82, 2.24) is 9.80 Å². The first-order valence-electron chi connectivity index (χ1n) is 6.10.